The number of hydrogen-bond acceptors (Lipinski definition) is 3. The van der Waals surface area contributed by atoms with Gasteiger partial charge in [0.05, 0.1) is 17.5 Å². The van der Waals surface area contributed by atoms with E-state index in [9.17, 15) is 4.79 Å². The Bertz CT molecular complexity index is 794. The first-order chi connectivity index (χ1) is 9.79. The second kappa shape index (κ2) is 5.17. The molecule has 3 rings (SSSR count). The number of nitrogens with zero attached hydrogens (tertiary/aromatic N) is 1. The average molecular weight is 266 g/mol. The first kappa shape index (κ1) is 12.4. The molecule has 4 nitrogen and oxygen atoms in total. The maximum absolute atomic E-state index is 12.1. The first-order valence-corrected chi connectivity index (χ1v) is 6.51. The van der Waals surface area contributed by atoms with Gasteiger partial charge in [0.1, 0.15) is 11.6 Å². The fraction of sp³-hybridized carbons (Fsp3) is 0.125. The zero-order valence-corrected chi connectivity index (χ0v) is 11.1. The highest BCUT2D eigenvalue weighted by Crippen LogP contribution is 2.23. The molecule has 4 heteroatoms. The summed E-state index contributed by atoms with van der Waals surface area (Å²) in [5, 5.41) is 0.538. The quantitative estimate of drug-likeness (QED) is 0.793. The minimum atomic E-state index is -0.251. The lowest BCUT2D eigenvalue weighted by Gasteiger charge is -2.08. The average Bonchev–Trinajstić information content (AvgIpc) is 2.49. The Balaban J connectivity index is 2.27. The van der Waals surface area contributed by atoms with Crippen LogP contribution in [0.4, 0.5) is 0 Å². The van der Waals surface area contributed by atoms with Crippen LogP contribution in [0.3, 0.4) is 0 Å². The van der Waals surface area contributed by atoms with Crippen molar-refractivity contribution in [1.29, 1.82) is 0 Å². The van der Waals surface area contributed by atoms with Crippen LogP contribution in [0.1, 0.15) is 6.92 Å². The van der Waals surface area contributed by atoms with E-state index in [1.54, 1.807) is 12.1 Å². The van der Waals surface area contributed by atoms with Crippen molar-refractivity contribution < 1.29 is 4.74 Å². The number of aromatic nitrogens is 2. The number of nitrogens with one attached hydrogen (secondary N) is 1. The van der Waals surface area contributed by atoms with Gasteiger partial charge in [-0.05, 0) is 19.1 Å². The van der Waals surface area contributed by atoms with E-state index >= 15 is 0 Å². The Morgan fingerprint density at radius 2 is 1.90 bits per heavy atom. The van der Waals surface area contributed by atoms with Gasteiger partial charge in [0.15, 0.2) is 0 Å². The van der Waals surface area contributed by atoms with Crippen LogP contribution >= 0.6 is 0 Å². The molecule has 0 fully saturated rings. The van der Waals surface area contributed by atoms with E-state index in [0.29, 0.717) is 29.1 Å². The van der Waals surface area contributed by atoms with Gasteiger partial charge in [0.2, 0.25) is 0 Å². The van der Waals surface area contributed by atoms with Gasteiger partial charge >= 0.3 is 0 Å². The summed E-state index contributed by atoms with van der Waals surface area (Å²) in [7, 11) is 0. The molecule has 0 aliphatic heterocycles. The van der Waals surface area contributed by atoms with Gasteiger partial charge in [0, 0.05) is 5.56 Å². The van der Waals surface area contributed by atoms with Crippen LogP contribution in [0.2, 0.25) is 0 Å². The second-order valence-electron chi connectivity index (χ2n) is 4.37. The number of benzene rings is 2. The Hall–Kier alpha value is -2.62. The molecule has 1 aromatic heterocycles. The van der Waals surface area contributed by atoms with E-state index in [2.05, 4.69) is 9.97 Å². The van der Waals surface area contributed by atoms with E-state index in [0.717, 1.165) is 5.56 Å². The van der Waals surface area contributed by atoms with Crippen LogP contribution in [0, 0.1) is 0 Å². The molecule has 0 spiro atoms. The van der Waals surface area contributed by atoms with Gasteiger partial charge in [-0.3, -0.25) is 4.79 Å². The van der Waals surface area contributed by atoms with Crippen molar-refractivity contribution >= 4 is 10.9 Å². The van der Waals surface area contributed by atoms with Crippen molar-refractivity contribution in [1.82, 2.24) is 9.97 Å². The predicted molar refractivity (Wildman–Crippen MR) is 79.0 cm³/mol. The van der Waals surface area contributed by atoms with Gasteiger partial charge in [-0.15, -0.1) is 0 Å². The zero-order valence-electron chi connectivity index (χ0n) is 11.1. The Morgan fingerprint density at radius 3 is 2.65 bits per heavy atom. The number of fused-ring (bicyclic) bond motifs is 1. The topological polar surface area (TPSA) is 55.0 Å². The van der Waals surface area contributed by atoms with Crippen molar-refractivity contribution in [2.45, 2.75) is 6.92 Å². The van der Waals surface area contributed by atoms with Crippen LogP contribution < -0.4 is 10.3 Å². The minimum Gasteiger partial charge on any atom is -0.492 e. The summed E-state index contributed by atoms with van der Waals surface area (Å²) < 4.78 is 5.57. The maximum atomic E-state index is 12.1. The van der Waals surface area contributed by atoms with Crippen molar-refractivity contribution in [3.05, 3.63) is 58.9 Å². The van der Waals surface area contributed by atoms with Crippen LogP contribution in [0.15, 0.2) is 53.3 Å². The van der Waals surface area contributed by atoms with Crippen molar-refractivity contribution in [3.63, 3.8) is 0 Å². The molecule has 3 aromatic rings. The third-order valence-electron chi connectivity index (χ3n) is 3.06. The van der Waals surface area contributed by atoms with Crippen LogP contribution in [0.25, 0.3) is 22.3 Å². The molecule has 20 heavy (non-hydrogen) atoms. The molecule has 0 aliphatic carbocycles. The summed E-state index contributed by atoms with van der Waals surface area (Å²) in [6, 6.07) is 15.0. The predicted octanol–water partition coefficient (Wildman–Crippen LogP) is 2.99. The highest BCUT2D eigenvalue weighted by molar-refractivity contribution is 5.85. The van der Waals surface area contributed by atoms with Gasteiger partial charge in [0.25, 0.3) is 5.56 Å². The normalized spacial score (nSPS) is 10.7. The zero-order chi connectivity index (χ0) is 13.9. The number of hydrogen-bond donors (Lipinski definition) is 1. The molecule has 100 valence electrons. The molecular weight excluding hydrogens is 252 g/mol. The summed E-state index contributed by atoms with van der Waals surface area (Å²) in [6.07, 6.45) is 0. The van der Waals surface area contributed by atoms with E-state index in [1.165, 1.54) is 0 Å². The lowest BCUT2D eigenvalue weighted by Crippen LogP contribution is -2.10. The molecule has 2 aromatic carbocycles. The smallest absolute Gasteiger partial charge is 0.281 e. The number of rotatable bonds is 3. The van der Waals surface area contributed by atoms with Gasteiger partial charge in [-0.2, -0.15) is 4.98 Å². The molecule has 0 radical (unpaired) electrons. The molecule has 0 amide bonds. The molecule has 0 bridgehead atoms. The number of aromatic amines is 1. The number of para-hydroxylation sites is 1. The summed E-state index contributed by atoms with van der Waals surface area (Å²) >= 11 is 0. The molecule has 0 saturated carbocycles. The van der Waals surface area contributed by atoms with E-state index in [4.69, 9.17) is 4.74 Å². The van der Waals surface area contributed by atoms with E-state index in [1.807, 2.05) is 43.3 Å². The molecule has 1 N–H and O–H groups in total. The van der Waals surface area contributed by atoms with Crippen LogP contribution in [-0.2, 0) is 0 Å². The fourth-order valence-electron chi connectivity index (χ4n) is 2.15. The molecule has 0 unspecified atom stereocenters. The van der Waals surface area contributed by atoms with Gasteiger partial charge in [-0.25, -0.2) is 0 Å². The summed E-state index contributed by atoms with van der Waals surface area (Å²) in [5.41, 5.74) is 1.31. The monoisotopic (exact) mass is 266 g/mol. The van der Waals surface area contributed by atoms with Crippen molar-refractivity contribution in [3.8, 4) is 17.1 Å². The van der Waals surface area contributed by atoms with Crippen LogP contribution in [-0.4, -0.2) is 16.6 Å². The Kier molecular flexibility index (Phi) is 3.21. The van der Waals surface area contributed by atoms with Gasteiger partial charge < -0.3 is 9.72 Å². The highest BCUT2D eigenvalue weighted by Gasteiger charge is 2.09. The second-order valence-corrected chi connectivity index (χ2v) is 4.37. The van der Waals surface area contributed by atoms with Crippen LogP contribution in [0.5, 0.6) is 5.75 Å². The van der Waals surface area contributed by atoms with Crippen molar-refractivity contribution in [2.75, 3.05) is 6.61 Å². The molecule has 0 atom stereocenters. The third-order valence-corrected chi connectivity index (χ3v) is 3.06. The molecule has 0 aliphatic rings. The molecule has 0 saturated heterocycles. The lowest BCUT2D eigenvalue weighted by atomic mass is 10.2. The molecule has 1 heterocycles. The summed E-state index contributed by atoms with van der Waals surface area (Å²) in [5.74, 6) is 1.22. The van der Waals surface area contributed by atoms with Gasteiger partial charge in [-0.1, -0.05) is 36.4 Å². The number of H-pyrrole nitrogens is 1. The lowest BCUT2D eigenvalue weighted by molar-refractivity contribution is 0.343. The maximum Gasteiger partial charge on any atom is 0.281 e. The Morgan fingerprint density at radius 1 is 1.10 bits per heavy atom. The highest BCUT2D eigenvalue weighted by atomic mass is 16.5. The molecular formula is C16H14N2O2. The fourth-order valence-corrected chi connectivity index (χ4v) is 2.15. The summed E-state index contributed by atoms with van der Waals surface area (Å²) in [6.45, 7) is 2.46. The minimum absolute atomic E-state index is 0.251. The van der Waals surface area contributed by atoms with Crippen molar-refractivity contribution in [2.24, 2.45) is 0 Å². The summed E-state index contributed by atoms with van der Waals surface area (Å²) in [4.78, 5) is 19.5. The first-order valence-electron chi connectivity index (χ1n) is 6.51. The largest absolute Gasteiger partial charge is 0.492 e. The van der Waals surface area contributed by atoms with E-state index < -0.39 is 0 Å². The SMILES string of the molecule is CCOc1cccc2c(=O)nc(-c3ccccc3)[nH]c12. The number of ether oxygens (including phenoxy) is 1. The van der Waals surface area contributed by atoms with E-state index in [-0.39, 0.29) is 5.56 Å². The standard InChI is InChI=1S/C16H14N2O2/c1-2-20-13-10-6-9-12-14(13)17-15(18-16(12)19)11-7-4-3-5-8-11/h3-10H,2H2,1H3,(H,17,18,19). The third kappa shape index (κ3) is 2.16. The Labute approximate surface area is 116 Å².